The Morgan fingerprint density at radius 2 is 1.89 bits per heavy atom. The first-order valence-corrected chi connectivity index (χ1v) is 9.56. The number of amides is 1. The summed E-state index contributed by atoms with van der Waals surface area (Å²) in [6.07, 6.45) is 3.03. The van der Waals surface area contributed by atoms with Crippen molar-refractivity contribution < 1.29 is 4.79 Å². The van der Waals surface area contributed by atoms with Crippen molar-refractivity contribution in [1.82, 2.24) is 24.9 Å². The van der Waals surface area contributed by atoms with Gasteiger partial charge in [0.15, 0.2) is 0 Å². The molecule has 0 aromatic carbocycles. The first-order valence-electron chi connectivity index (χ1n) is 9.56. The molecule has 1 aliphatic rings. The summed E-state index contributed by atoms with van der Waals surface area (Å²) >= 11 is 0. The van der Waals surface area contributed by atoms with Crippen LogP contribution in [-0.4, -0.2) is 44.6 Å². The van der Waals surface area contributed by atoms with Crippen LogP contribution in [0.2, 0.25) is 0 Å². The van der Waals surface area contributed by atoms with Crippen molar-refractivity contribution in [3.8, 4) is 0 Å². The fraction of sp³-hybridized carbons (Fsp3) is 0.526. The van der Waals surface area contributed by atoms with E-state index in [1.165, 1.54) is 27.6 Å². The second kappa shape index (κ2) is 8.37. The molecule has 1 fully saturated rings. The quantitative estimate of drug-likeness (QED) is 0.812. The fourth-order valence-electron chi connectivity index (χ4n) is 3.37. The van der Waals surface area contributed by atoms with Crippen LogP contribution in [0.3, 0.4) is 0 Å². The van der Waals surface area contributed by atoms with Gasteiger partial charge in [0, 0.05) is 38.3 Å². The molecule has 0 bridgehead atoms. The zero-order valence-corrected chi connectivity index (χ0v) is 16.5. The minimum atomic E-state index is -0.312. The number of nitrogens with one attached hydrogen (secondary N) is 1. The number of piperidine rings is 1. The number of hydrogen-bond acceptors (Lipinski definition) is 6. The van der Waals surface area contributed by atoms with E-state index in [9.17, 15) is 14.4 Å². The van der Waals surface area contributed by atoms with Crippen LogP contribution in [0.5, 0.6) is 0 Å². The second-order valence-corrected chi connectivity index (χ2v) is 7.30. The van der Waals surface area contributed by atoms with Gasteiger partial charge >= 0.3 is 0 Å². The van der Waals surface area contributed by atoms with E-state index in [2.05, 4.69) is 20.4 Å². The Kier molecular flexibility index (Phi) is 5.91. The van der Waals surface area contributed by atoms with Gasteiger partial charge in [0.25, 0.3) is 17.0 Å². The highest BCUT2D eigenvalue weighted by Crippen LogP contribution is 2.22. The molecule has 3 rings (SSSR count). The monoisotopic (exact) mass is 386 g/mol. The van der Waals surface area contributed by atoms with Gasteiger partial charge in [-0.15, -0.1) is 0 Å². The normalized spacial score (nSPS) is 17.0. The summed E-state index contributed by atoms with van der Waals surface area (Å²) in [5, 5.41) is 11.4. The Bertz CT molecular complexity index is 965. The first-order chi connectivity index (χ1) is 13.4. The summed E-state index contributed by atoms with van der Waals surface area (Å²) in [6.45, 7) is 4.94. The molecule has 1 unspecified atom stereocenters. The Balaban J connectivity index is 1.72. The maximum atomic E-state index is 12.5. The van der Waals surface area contributed by atoms with Crippen LogP contribution in [0.4, 0.5) is 5.82 Å². The third kappa shape index (κ3) is 4.29. The lowest BCUT2D eigenvalue weighted by Crippen LogP contribution is -2.48. The van der Waals surface area contributed by atoms with Gasteiger partial charge in [-0.2, -0.15) is 10.2 Å². The molecule has 2 aromatic rings. The van der Waals surface area contributed by atoms with E-state index >= 15 is 0 Å². The third-order valence-corrected chi connectivity index (χ3v) is 4.91. The van der Waals surface area contributed by atoms with Crippen LogP contribution in [0.1, 0.15) is 49.6 Å². The van der Waals surface area contributed by atoms with Crippen LogP contribution >= 0.6 is 0 Å². The van der Waals surface area contributed by atoms with Gasteiger partial charge in [-0.3, -0.25) is 14.4 Å². The standard InChI is InChI=1S/C19H26N6O3/c1-13(2)25-18(27)9-7-15(21-25)19(28)20-12-14-6-4-5-11-24(14)16-8-10-17(26)23(3)22-16/h7-10,13-14H,4-6,11-12H2,1-3H3,(H,20,28). The Labute approximate surface area is 163 Å². The summed E-state index contributed by atoms with van der Waals surface area (Å²) in [5.41, 5.74) is -0.168. The third-order valence-electron chi connectivity index (χ3n) is 4.91. The van der Waals surface area contributed by atoms with Gasteiger partial charge < -0.3 is 10.2 Å². The van der Waals surface area contributed by atoms with Gasteiger partial charge in [0.05, 0.1) is 6.04 Å². The molecule has 2 aromatic heterocycles. The maximum absolute atomic E-state index is 12.5. The van der Waals surface area contributed by atoms with Crippen LogP contribution in [0, 0.1) is 0 Å². The van der Waals surface area contributed by atoms with Crippen molar-refractivity contribution >= 4 is 11.7 Å². The molecule has 0 radical (unpaired) electrons. The van der Waals surface area contributed by atoms with E-state index < -0.39 is 0 Å². The lowest BCUT2D eigenvalue weighted by atomic mass is 10.0. The number of hydrogen-bond donors (Lipinski definition) is 1. The number of anilines is 1. The minimum Gasteiger partial charge on any atom is -0.350 e. The van der Waals surface area contributed by atoms with Gasteiger partial charge in [0.2, 0.25) is 0 Å². The average molecular weight is 386 g/mol. The van der Waals surface area contributed by atoms with Crippen molar-refractivity contribution in [2.24, 2.45) is 7.05 Å². The van der Waals surface area contributed by atoms with Crippen molar-refractivity contribution in [2.75, 3.05) is 18.0 Å². The van der Waals surface area contributed by atoms with E-state index in [1.807, 2.05) is 13.8 Å². The molecule has 1 saturated heterocycles. The molecule has 1 N–H and O–H groups in total. The Hall–Kier alpha value is -2.97. The molecule has 1 aliphatic heterocycles. The average Bonchev–Trinajstić information content (AvgIpc) is 2.68. The maximum Gasteiger partial charge on any atom is 0.271 e. The van der Waals surface area contributed by atoms with E-state index in [0.29, 0.717) is 6.54 Å². The number of carbonyl (C=O) groups is 1. The predicted octanol–water partition coefficient (Wildman–Crippen LogP) is 0.707. The second-order valence-electron chi connectivity index (χ2n) is 7.30. The van der Waals surface area contributed by atoms with E-state index in [-0.39, 0.29) is 34.8 Å². The molecule has 0 saturated carbocycles. The molecule has 3 heterocycles. The van der Waals surface area contributed by atoms with Crippen molar-refractivity contribution in [3.63, 3.8) is 0 Å². The molecule has 150 valence electrons. The molecule has 1 amide bonds. The van der Waals surface area contributed by atoms with Crippen molar-refractivity contribution in [2.45, 2.75) is 45.2 Å². The van der Waals surface area contributed by atoms with Gasteiger partial charge in [-0.1, -0.05) is 0 Å². The number of rotatable bonds is 5. The molecule has 0 spiro atoms. The zero-order chi connectivity index (χ0) is 20.3. The predicted molar refractivity (Wildman–Crippen MR) is 106 cm³/mol. The van der Waals surface area contributed by atoms with Crippen LogP contribution < -0.4 is 21.3 Å². The summed E-state index contributed by atoms with van der Waals surface area (Å²) in [7, 11) is 1.63. The van der Waals surface area contributed by atoms with Gasteiger partial charge in [-0.05, 0) is 45.2 Å². The largest absolute Gasteiger partial charge is 0.350 e. The lowest BCUT2D eigenvalue weighted by molar-refractivity contribution is 0.0941. The summed E-state index contributed by atoms with van der Waals surface area (Å²) in [6, 6.07) is 6.00. The number of carbonyl (C=O) groups excluding carboxylic acids is 1. The molecule has 28 heavy (non-hydrogen) atoms. The Morgan fingerprint density at radius 3 is 2.61 bits per heavy atom. The van der Waals surface area contributed by atoms with Crippen LogP contribution in [-0.2, 0) is 7.05 Å². The Morgan fingerprint density at radius 1 is 1.14 bits per heavy atom. The summed E-state index contributed by atoms with van der Waals surface area (Å²) < 4.78 is 2.62. The molecular weight excluding hydrogens is 360 g/mol. The fourth-order valence-corrected chi connectivity index (χ4v) is 3.37. The smallest absolute Gasteiger partial charge is 0.271 e. The topological polar surface area (TPSA) is 102 Å². The lowest BCUT2D eigenvalue weighted by Gasteiger charge is -2.36. The molecule has 9 nitrogen and oxygen atoms in total. The van der Waals surface area contributed by atoms with Crippen LogP contribution in [0.25, 0.3) is 0 Å². The van der Waals surface area contributed by atoms with E-state index in [1.54, 1.807) is 13.1 Å². The zero-order valence-electron chi connectivity index (χ0n) is 16.5. The van der Waals surface area contributed by atoms with E-state index in [0.717, 1.165) is 31.6 Å². The highest BCUT2D eigenvalue weighted by Gasteiger charge is 2.25. The molecule has 0 aliphatic carbocycles. The van der Waals surface area contributed by atoms with Gasteiger partial charge in [-0.25, -0.2) is 9.36 Å². The van der Waals surface area contributed by atoms with Crippen LogP contribution in [0.15, 0.2) is 33.9 Å². The minimum absolute atomic E-state index is 0.0821. The molecule has 1 atom stereocenters. The van der Waals surface area contributed by atoms with Gasteiger partial charge in [0.1, 0.15) is 11.5 Å². The highest BCUT2D eigenvalue weighted by molar-refractivity contribution is 5.92. The highest BCUT2D eigenvalue weighted by atomic mass is 16.2. The van der Waals surface area contributed by atoms with Crippen molar-refractivity contribution in [1.29, 1.82) is 0 Å². The van der Waals surface area contributed by atoms with Crippen molar-refractivity contribution in [3.05, 3.63) is 50.7 Å². The summed E-state index contributed by atoms with van der Waals surface area (Å²) in [5.74, 6) is 0.417. The summed E-state index contributed by atoms with van der Waals surface area (Å²) in [4.78, 5) is 38.1. The molecular formula is C19H26N6O3. The SMILES string of the molecule is CC(C)n1nc(C(=O)NCC2CCCCN2c2ccc(=O)n(C)n2)ccc1=O. The number of nitrogens with zero attached hydrogens (tertiary/aromatic N) is 5. The molecule has 9 heteroatoms. The number of aromatic nitrogens is 4. The first kappa shape index (κ1) is 19.8. The number of aryl methyl sites for hydroxylation is 1. The van der Waals surface area contributed by atoms with E-state index in [4.69, 9.17) is 0 Å².